The zero-order valence-electron chi connectivity index (χ0n) is 8.30. The van der Waals surface area contributed by atoms with E-state index >= 15 is 0 Å². The molecule has 0 aliphatic rings. The molecule has 0 heterocycles. The lowest BCUT2D eigenvalue weighted by Crippen LogP contribution is -2.27. The first kappa shape index (κ1) is 13.2. The standard InChI is InChI=1S/C10H10Br2N2O2/c11-7-3-6(4-8(12)5-7)10(16)14-2-1-9(13)15/h3-5H,1-2H2,(H2,13,15)(H,14,16). The molecule has 0 saturated heterocycles. The van der Waals surface area contributed by atoms with Crippen molar-refractivity contribution < 1.29 is 9.59 Å². The second-order valence-electron chi connectivity index (χ2n) is 3.13. The van der Waals surface area contributed by atoms with Crippen molar-refractivity contribution in [2.24, 2.45) is 5.73 Å². The van der Waals surface area contributed by atoms with Crippen LogP contribution in [0.4, 0.5) is 0 Å². The van der Waals surface area contributed by atoms with Crippen molar-refractivity contribution in [2.75, 3.05) is 6.54 Å². The van der Waals surface area contributed by atoms with Crippen LogP contribution >= 0.6 is 31.9 Å². The van der Waals surface area contributed by atoms with Crippen LogP contribution in [-0.2, 0) is 4.79 Å². The Morgan fingerprint density at radius 2 is 1.75 bits per heavy atom. The number of carbonyl (C=O) groups is 2. The number of amides is 2. The zero-order valence-corrected chi connectivity index (χ0v) is 11.5. The van der Waals surface area contributed by atoms with E-state index in [-0.39, 0.29) is 18.9 Å². The van der Waals surface area contributed by atoms with Gasteiger partial charge in [0, 0.05) is 27.5 Å². The Balaban J connectivity index is 2.62. The summed E-state index contributed by atoms with van der Waals surface area (Å²) in [6.07, 6.45) is 0.140. The molecule has 1 aromatic rings. The van der Waals surface area contributed by atoms with Crippen LogP contribution in [-0.4, -0.2) is 18.4 Å². The van der Waals surface area contributed by atoms with Crippen molar-refractivity contribution in [3.63, 3.8) is 0 Å². The first-order valence-electron chi connectivity index (χ1n) is 4.51. The Morgan fingerprint density at radius 3 is 2.25 bits per heavy atom. The van der Waals surface area contributed by atoms with E-state index in [0.29, 0.717) is 5.56 Å². The summed E-state index contributed by atoms with van der Waals surface area (Å²) in [5.41, 5.74) is 5.48. The van der Waals surface area contributed by atoms with E-state index < -0.39 is 5.91 Å². The summed E-state index contributed by atoms with van der Waals surface area (Å²) in [7, 11) is 0. The second kappa shape index (κ2) is 6.00. The molecule has 0 fully saturated rings. The number of halogens is 2. The van der Waals surface area contributed by atoms with Crippen LogP contribution in [0, 0.1) is 0 Å². The smallest absolute Gasteiger partial charge is 0.251 e. The third kappa shape index (κ3) is 4.32. The molecule has 6 heteroatoms. The van der Waals surface area contributed by atoms with Gasteiger partial charge in [-0.2, -0.15) is 0 Å². The van der Waals surface area contributed by atoms with Crippen LogP contribution in [0.15, 0.2) is 27.1 Å². The number of nitrogens with one attached hydrogen (secondary N) is 1. The third-order valence-corrected chi connectivity index (χ3v) is 2.70. The molecular weight excluding hydrogens is 340 g/mol. The van der Waals surface area contributed by atoms with Gasteiger partial charge in [-0.25, -0.2) is 0 Å². The molecular formula is C10H10Br2N2O2. The molecule has 0 aliphatic carbocycles. The van der Waals surface area contributed by atoms with Gasteiger partial charge in [0.2, 0.25) is 5.91 Å². The normalized spacial score (nSPS) is 9.88. The predicted octanol–water partition coefficient (Wildman–Crippen LogP) is 1.82. The van der Waals surface area contributed by atoms with Gasteiger partial charge in [0.05, 0.1) is 0 Å². The average Bonchev–Trinajstić information content (AvgIpc) is 2.15. The topological polar surface area (TPSA) is 72.2 Å². The summed E-state index contributed by atoms with van der Waals surface area (Å²) in [6, 6.07) is 5.23. The number of benzene rings is 1. The van der Waals surface area contributed by atoms with Crippen molar-refractivity contribution in [1.82, 2.24) is 5.32 Å². The fourth-order valence-corrected chi connectivity index (χ4v) is 2.38. The van der Waals surface area contributed by atoms with Crippen LogP contribution in [0.2, 0.25) is 0 Å². The molecule has 0 atom stereocenters. The Kier molecular flexibility index (Phi) is 4.95. The molecule has 0 spiro atoms. The molecule has 0 aliphatic heterocycles. The van der Waals surface area contributed by atoms with E-state index in [1.54, 1.807) is 12.1 Å². The van der Waals surface area contributed by atoms with Crippen LogP contribution < -0.4 is 11.1 Å². The van der Waals surface area contributed by atoms with E-state index in [9.17, 15) is 9.59 Å². The van der Waals surface area contributed by atoms with Gasteiger partial charge in [0.25, 0.3) is 5.91 Å². The number of nitrogens with two attached hydrogens (primary N) is 1. The Morgan fingerprint density at radius 1 is 1.19 bits per heavy atom. The summed E-state index contributed by atoms with van der Waals surface area (Å²) >= 11 is 6.58. The van der Waals surface area contributed by atoms with E-state index in [4.69, 9.17) is 5.73 Å². The van der Waals surface area contributed by atoms with Crippen molar-refractivity contribution in [2.45, 2.75) is 6.42 Å². The minimum atomic E-state index is -0.435. The highest BCUT2D eigenvalue weighted by Gasteiger charge is 2.07. The highest BCUT2D eigenvalue weighted by Crippen LogP contribution is 2.19. The molecule has 0 saturated carbocycles. The molecule has 4 nitrogen and oxygen atoms in total. The van der Waals surface area contributed by atoms with Gasteiger partial charge in [-0.1, -0.05) is 31.9 Å². The van der Waals surface area contributed by atoms with Crippen LogP contribution in [0.25, 0.3) is 0 Å². The number of hydrogen-bond donors (Lipinski definition) is 2. The minimum absolute atomic E-state index is 0.140. The fraction of sp³-hybridized carbons (Fsp3) is 0.200. The quantitative estimate of drug-likeness (QED) is 0.870. The first-order chi connectivity index (χ1) is 7.49. The van der Waals surface area contributed by atoms with Gasteiger partial charge in [-0.05, 0) is 18.2 Å². The summed E-state index contributed by atoms with van der Waals surface area (Å²) in [6.45, 7) is 0.248. The average molecular weight is 350 g/mol. The molecule has 3 N–H and O–H groups in total. The van der Waals surface area contributed by atoms with E-state index in [1.165, 1.54) is 0 Å². The zero-order chi connectivity index (χ0) is 12.1. The Bertz CT molecular complexity index is 401. The van der Waals surface area contributed by atoms with Gasteiger partial charge in [-0.3, -0.25) is 9.59 Å². The summed E-state index contributed by atoms with van der Waals surface area (Å²) in [5, 5.41) is 2.60. The molecule has 1 aromatic carbocycles. The van der Waals surface area contributed by atoms with Gasteiger partial charge in [-0.15, -0.1) is 0 Å². The molecule has 86 valence electrons. The molecule has 16 heavy (non-hydrogen) atoms. The van der Waals surface area contributed by atoms with Gasteiger partial charge in [0.1, 0.15) is 0 Å². The Labute approximate surface area is 110 Å². The van der Waals surface area contributed by atoms with Gasteiger partial charge >= 0.3 is 0 Å². The molecule has 0 radical (unpaired) electrons. The van der Waals surface area contributed by atoms with Gasteiger partial charge in [0.15, 0.2) is 0 Å². The van der Waals surface area contributed by atoms with Crippen molar-refractivity contribution >= 4 is 43.7 Å². The fourth-order valence-electron chi connectivity index (χ4n) is 1.09. The van der Waals surface area contributed by atoms with Crippen LogP contribution in [0.5, 0.6) is 0 Å². The van der Waals surface area contributed by atoms with Crippen LogP contribution in [0.1, 0.15) is 16.8 Å². The van der Waals surface area contributed by atoms with Crippen molar-refractivity contribution in [3.8, 4) is 0 Å². The highest BCUT2D eigenvalue weighted by molar-refractivity contribution is 9.11. The number of rotatable bonds is 4. The molecule has 0 bridgehead atoms. The van der Waals surface area contributed by atoms with E-state index in [0.717, 1.165) is 8.95 Å². The summed E-state index contributed by atoms with van der Waals surface area (Å²) < 4.78 is 1.61. The minimum Gasteiger partial charge on any atom is -0.370 e. The maximum Gasteiger partial charge on any atom is 0.251 e. The molecule has 2 amide bonds. The highest BCUT2D eigenvalue weighted by atomic mass is 79.9. The monoisotopic (exact) mass is 348 g/mol. The van der Waals surface area contributed by atoms with Crippen molar-refractivity contribution in [3.05, 3.63) is 32.7 Å². The summed E-state index contributed by atoms with van der Waals surface area (Å²) in [5.74, 6) is -0.668. The lowest BCUT2D eigenvalue weighted by molar-refractivity contribution is -0.117. The lowest BCUT2D eigenvalue weighted by atomic mass is 10.2. The van der Waals surface area contributed by atoms with Gasteiger partial charge < -0.3 is 11.1 Å². The van der Waals surface area contributed by atoms with Crippen LogP contribution in [0.3, 0.4) is 0 Å². The SMILES string of the molecule is NC(=O)CCNC(=O)c1cc(Br)cc(Br)c1. The maximum absolute atomic E-state index is 11.6. The van der Waals surface area contributed by atoms with E-state index in [2.05, 4.69) is 37.2 Å². The Hall–Kier alpha value is -0.880. The molecule has 0 unspecified atom stereocenters. The second-order valence-corrected chi connectivity index (χ2v) is 4.96. The largest absolute Gasteiger partial charge is 0.370 e. The third-order valence-electron chi connectivity index (χ3n) is 1.78. The number of carbonyl (C=O) groups excluding carboxylic acids is 2. The lowest BCUT2D eigenvalue weighted by Gasteiger charge is -2.04. The number of primary amides is 1. The maximum atomic E-state index is 11.6. The predicted molar refractivity (Wildman–Crippen MR) is 68.0 cm³/mol. The number of hydrogen-bond acceptors (Lipinski definition) is 2. The van der Waals surface area contributed by atoms with E-state index in [1.807, 2.05) is 6.07 Å². The van der Waals surface area contributed by atoms with Crippen molar-refractivity contribution in [1.29, 1.82) is 0 Å². The molecule has 1 rings (SSSR count). The molecule has 0 aromatic heterocycles. The summed E-state index contributed by atoms with van der Waals surface area (Å²) in [4.78, 5) is 22.1. The first-order valence-corrected chi connectivity index (χ1v) is 6.10.